The van der Waals surface area contributed by atoms with Crippen LogP contribution < -0.4 is 5.73 Å². The van der Waals surface area contributed by atoms with Crippen molar-refractivity contribution in [3.05, 3.63) is 0 Å². The van der Waals surface area contributed by atoms with Crippen molar-refractivity contribution in [1.29, 1.82) is 0 Å². The van der Waals surface area contributed by atoms with Crippen LogP contribution in [0.1, 0.15) is 6.92 Å². The molecule has 0 aromatic carbocycles. The number of hydrogen-bond donors (Lipinski definition) is 2. The van der Waals surface area contributed by atoms with Crippen LogP contribution >= 0.6 is 8.25 Å². The van der Waals surface area contributed by atoms with Gasteiger partial charge in [0.25, 0.3) is 0 Å². The molecule has 0 fully saturated rings. The highest BCUT2D eigenvalue weighted by Crippen LogP contribution is 2.22. The molecule has 60 valence electrons. The summed E-state index contributed by atoms with van der Waals surface area (Å²) in [5.41, 5.74) is 4.89. The van der Waals surface area contributed by atoms with E-state index >= 15 is 0 Å². The third-order valence-electron chi connectivity index (χ3n) is 0.601. The fourth-order valence-corrected chi connectivity index (χ4v) is 0.801. The predicted molar refractivity (Wildman–Crippen MR) is 35.4 cm³/mol. The zero-order valence-electron chi connectivity index (χ0n) is 5.69. The zero-order valence-corrected chi connectivity index (χ0v) is 6.58. The summed E-state index contributed by atoms with van der Waals surface area (Å²) in [6.45, 7) is 1.37. The summed E-state index contributed by atoms with van der Waals surface area (Å²) in [5, 5.41) is 8.63. The Morgan fingerprint density at radius 3 is 2.70 bits per heavy atom. The van der Waals surface area contributed by atoms with Crippen molar-refractivity contribution in [3.63, 3.8) is 0 Å². The molecule has 0 radical (unpaired) electrons. The molecule has 0 heterocycles. The lowest BCUT2D eigenvalue weighted by molar-refractivity contribution is 0.113. The largest absolute Gasteiger partial charge is 0.698 e. The van der Waals surface area contributed by atoms with Crippen LogP contribution in [-0.4, -0.2) is 24.5 Å². The molecule has 3 N–H and O–H groups in total. The highest BCUT2D eigenvalue weighted by atomic mass is 31.1. The number of rotatable bonds is 5. The summed E-state index contributed by atoms with van der Waals surface area (Å²) in [5.74, 6) is 0. The lowest BCUT2D eigenvalue weighted by atomic mass is 10.5. The Balaban J connectivity index is 3.22. The van der Waals surface area contributed by atoms with Gasteiger partial charge in [-0.2, -0.15) is 0 Å². The van der Waals surface area contributed by atoms with Crippen molar-refractivity contribution in [3.8, 4) is 0 Å². The van der Waals surface area contributed by atoms with Crippen LogP contribution in [0.3, 0.4) is 0 Å². The summed E-state index contributed by atoms with van der Waals surface area (Å²) in [4.78, 5) is 0. The lowest BCUT2D eigenvalue weighted by Gasteiger charge is -1.93. The molecule has 10 heavy (non-hydrogen) atoms. The Bertz CT molecular complexity index is 107. The van der Waals surface area contributed by atoms with E-state index in [1.165, 1.54) is 6.92 Å². The van der Waals surface area contributed by atoms with Crippen molar-refractivity contribution in [2.75, 3.05) is 13.3 Å². The molecule has 0 aliphatic rings. The minimum Gasteiger partial charge on any atom is -0.391 e. The molecule has 0 saturated carbocycles. The van der Waals surface area contributed by atoms with Gasteiger partial charge in [-0.1, -0.05) is 0 Å². The molecule has 0 spiro atoms. The molecule has 2 unspecified atom stereocenters. The molecule has 5 nitrogen and oxygen atoms in total. The van der Waals surface area contributed by atoms with Gasteiger partial charge in [-0.15, -0.1) is 9.05 Å². The molecule has 2 atom stereocenters. The smallest absolute Gasteiger partial charge is 0.391 e. The van der Waals surface area contributed by atoms with E-state index in [-0.39, 0.29) is 13.3 Å². The Hall–Kier alpha value is -0.0600. The maximum atomic E-state index is 10.5. The first-order valence-electron chi connectivity index (χ1n) is 2.78. The molecule has 0 aromatic rings. The van der Waals surface area contributed by atoms with E-state index in [0.29, 0.717) is 0 Å². The van der Waals surface area contributed by atoms with Crippen LogP contribution in [0.15, 0.2) is 0 Å². The van der Waals surface area contributed by atoms with Crippen molar-refractivity contribution >= 4 is 8.25 Å². The van der Waals surface area contributed by atoms with Crippen LogP contribution in [0.25, 0.3) is 0 Å². The first kappa shape index (κ1) is 9.94. The van der Waals surface area contributed by atoms with Crippen molar-refractivity contribution < 1.29 is 18.7 Å². The SMILES string of the molecule is CC(O)CO[P+](=O)OCN. The second-order valence-corrected chi connectivity index (χ2v) is 2.63. The van der Waals surface area contributed by atoms with Gasteiger partial charge < -0.3 is 10.8 Å². The minimum atomic E-state index is -2.15. The Morgan fingerprint density at radius 2 is 2.30 bits per heavy atom. The van der Waals surface area contributed by atoms with E-state index in [9.17, 15) is 4.57 Å². The molecular formula is C4H11NO4P+. The van der Waals surface area contributed by atoms with E-state index in [4.69, 9.17) is 10.8 Å². The molecule has 0 amide bonds. The standard InChI is InChI=1S/C4H11NO4P/c1-4(6)2-8-10(7)9-3-5/h4,6H,2-3,5H2,1H3/q+1. The average Bonchev–Trinajstić information content (AvgIpc) is 1.85. The van der Waals surface area contributed by atoms with Gasteiger partial charge >= 0.3 is 8.25 Å². The number of nitrogens with two attached hydrogens (primary N) is 1. The van der Waals surface area contributed by atoms with Crippen molar-refractivity contribution in [2.45, 2.75) is 13.0 Å². The van der Waals surface area contributed by atoms with Gasteiger partial charge in [0.1, 0.15) is 6.61 Å². The molecule has 0 aliphatic heterocycles. The molecule has 0 saturated heterocycles. The van der Waals surface area contributed by atoms with Gasteiger partial charge in [0.05, 0.1) is 6.10 Å². The zero-order chi connectivity index (χ0) is 7.98. The number of hydrogen-bond acceptors (Lipinski definition) is 5. The van der Waals surface area contributed by atoms with E-state index in [1.54, 1.807) is 0 Å². The summed E-state index contributed by atoms with van der Waals surface area (Å²) in [6.07, 6.45) is -0.639. The molecule has 0 aliphatic carbocycles. The number of aliphatic hydroxyl groups is 1. The molecule has 6 heteroatoms. The fourth-order valence-electron chi connectivity index (χ4n) is 0.267. The summed E-state index contributed by atoms with van der Waals surface area (Å²) < 4.78 is 19.3. The van der Waals surface area contributed by atoms with Gasteiger partial charge in [-0.25, -0.2) is 0 Å². The van der Waals surface area contributed by atoms with E-state index < -0.39 is 14.4 Å². The first-order chi connectivity index (χ1) is 4.66. The molecular weight excluding hydrogens is 157 g/mol. The van der Waals surface area contributed by atoms with E-state index in [2.05, 4.69) is 9.05 Å². The first-order valence-corrected chi connectivity index (χ1v) is 3.87. The number of aliphatic hydroxyl groups excluding tert-OH is 1. The highest BCUT2D eigenvalue weighted by molar-refractivity contribution is 7.33. The van der Waals surface area contributed by atoms with E-state index in [1.807, 2.05) is 0 Å². The van der Waals surface area contributed by atoms with Gasteiger partial charge in [0, 0.05) is 4.57 Å². The van der Waals surface area contributed by atoms with Crippen molar-refractivity contribution in [1.82, 2.24) is 0 Å². The summed E-state index contributed by atoms with van der Waals surface area (Å²) in [7, 11) is -2.15. The quantitative estimate of drug-likeness (QED) is 0.445. The summed E-state index contributed by atoms with van der Waals surface area (Å²) >= 11 is 0. The van der Waals surface area contributed by atoms with Crippen LogP contribution in [-0.2, 0) is 13.6 Å². The fraction of sp³-hybridized carbons (Fsp3) is 1.00. The van der Waals surface area contributed by atoms with Crippen LogP contribution in [0.5, 0.6) is 0 Å². The summed E-state index contributed by atoms with van der Waals surface area (Å²) in [6, 6.07) is 0. The normalized spacial score (nSPS) is 14.9. The predicted octanol–water partition coefficient (Wildman–Crippen LogP) is -0.0260. The highest BCUT2D eigenvalue weighted by Gasteiger charge is 2.19. The maximum absolute atomic E-state index is 10.5. The monoisotopic (exact) mass is 168 g/mol. The Morgan fingerprint density at radius 1 is 1.70 bits per heavy atom. The maximum Gasteiger partial charge on any atom is 0.698 e. The van der Waals surface area contributed by atoms with Gasteiger partial charge in [0.2, 0.25) is 0 Å². The van der Waals surface area contributed by atoms with Crippen LogP contribution in [0.2, 0.25) is 0 Å². The Kier molecular flexibility index (Phi) is 5.67. The topological polar surface area (TPSA) is 81.8 Å². The minimum absolute atomic E-state index is 0.00476. The van der Waals surface area contributed by atoms with Crippen molar-refractivity contribution in [2.24, 2.45) is 5.73 Å². The van der Waals surface area contributed by atoms with E-state index in [0.717, 1.165) is 0 Å². The molecule has 0 bridgehead atoms. The Labute approximate surface area is 60.1 Å². The second kappa shape index (κ2) is 5.70. The third-order valence-corrected chi connectivity index (χ3v) is 1.32. The lowest BCUT2D eigenvalue weighted by Crippen LogP contribution is -2.08. The van der Waals surface area contributed by atoms with Crippen LogP contribution in [0, 0.1) is 0 Å². The molecule has 0 aromatic heterocycles. The molecule has 0 rings (SSSR count). The second-order valence-electron chi connectivity index (χ2n) is 1.66. The average molecular weight is 168 g/mol. The van der Waals surface area contributed by atoms with Gasteiger partial charge in [-0.05, 0) is 6.92 Å². The van der Waals surface area contributed by atoms with Crippen LogP contribution in [0.4, 0.5) is 0 Å². The van der Waals surface area contributed by atoms with Gasteiger partial charge in [0.15, 0.2) is 6.73 Å². The third kappa shape index (κ3) is 6.07. The van der Waals surface area contributed by atoms with Gasteiger partial charge in [-0.3, -0.25) is 0 Å².